The molecular weight excluding hydrogens is 361 g/mol. The number of furan rings is 1. The molecule has 0 atom stereocenters. The van der Waals surface area contributed by atoms with Crippen molar-refractivity contribution in [3.8, 4) is 0 Å². The van der Waals surface area contributed by atoms with Gasteiger partial charge in [0.15, 0.2) is 0 Å². The molecule has 1 aliphatic rings. The average molecular weight is 389 g/mol. The van der Waals surface area contributed by atoms with E-state index in [0.29, 0.717) is 13.1 Å². The maximum atomic E-state index is 13.2. The summed E-state index contributed by atoms with van der Waals surface area (Å²) in [5, 5.41) is 3.23. The highest BCUT2D eigenvalue weighted by Crippen LogP contribution is 2.13. The van der Waals surface area contributed by atoms with Crippen LogP contribution in [0.2, 0.25) is 0 Å². The number of halogens is 1. The molecule has 3 rings (SSSR count). The molecule has 1 aromatic heterocycles. The average Bonchev–Trinajstić information content (AvgIpc) is 3.12. The zero-order valence-electron chi connectivity index (χ0n) is 16.3. The Morgan fingerprint density at radius 1 is 1.14 bits per heavy atom. The largest absolute Gasteiger partial charge is 0.464 e. The van der Waals surface area contributed by atoms with Crippen molar-refractivity contribution in [1.82, 2.24) is 15.1 Å². The summed E-state index contributed by atoms with van der Waals surface area (Å²) < 4.78 is 24.1. The molecule has 2 aromatic rings. The Bertz CT molecular complexity index is 742. The highest BCUT2D eigenvalue weighted by molar-refractivity contribution is 5.78. The van der Waals surface area contributed by atoms with E-state index in [9.17, 15) is 9.18 Å². The fourth-order valence-electron chi connectivity index (χ4n) is 3.17. The smallest absolute Gasteiger partial charge is 0.237 e. The molecule has 6 nitrogen and oxygen atoms in total. The second-order valence-electron chi connectivity index (χ2n) is 7.02. The maximum Gasteiger partial charge on any atom is 0.237 e. The SMILES string of the molecule is Cc1ccc(CN(Cc2ccc(F)cc2)C(=O)CNCCN2CCOCC2)o1. The summed E-state index contributed by atoms with van der Waals surface area (Å²) in [7, 11) is 0. The van der Waals surface area contributed by atoms with Gasteiger partial charge in [-0.15, -0.1) is 0 Å². The minimum Gasteiger partial charge on any atom is -0.464 e. The van der Waals surface area contributed by atoms with Gasteiger partial charge < -0.3 is 19.4 Å². The van der Waals surface area contributed by atoms with Crippen LogP contribution in [-0.4, -0.2) is 61.6 Å². The van der Waals surface area contributed by atoms with Crippen LogP contribution < -0.4 is 5.32 Å². The first-order valence-corrected chi connectivity index (χ1v) is 9.68. The Morgan fingerprint density at radius 2 is 1.89 bits per heavy atom. The van der Waals surface area contributed by atoms with Gasteiger partial charge in [-0.25, -0.2) is 4.39 Å². The van der Waals surface area contributed by atoms with Crippen molar-refractivity contribution in [2.75, 3.05) is 45.9 Å². The number of hydrogen-bond donors (Lipinski definition) is 1. The molecule has 1 saturated heterocycles. The van der Waals surface area contributed by atoms with Crippen molar-refractivity contribution >= 4 is 5.91 Å². The number of ether oxygens (including phenoxy) is 1. The molecular formula is C21H28FN3O3. The number of carbonyl (C=O) groups is 1. The first-order valence-electron chi connectivity index (χ1n) is 9.68. The Labute approximate surface area is 165 Å². The second-order valence-corrected chi connectivity index (χ2v) is 7.02. The molecule has 0 bridgehead atoms. The van der Waals surface area contributed by atoms with Gasteiger partial charge in [-0.05, 0) is 36.8 Å². The molecule has 0 unspecified atom stereocenters. The minimum absolute atomic E-state index is 0.0136. The number of benzene rings is 1. The highest BCUT2D eigenvalue weighted by Gasteiger charge is 2.17. The van der Waals surface area contributed by atoms with Crippen LogP contribution in [0.3, 0.4) is 0 Å². The van der Waals surface area contributed by atoms with Gasteiger partial charge in [-0.3, -0.25) is 9.69 Å². The lowest BCUT2D eigenvalue weighted by Crippen LogP contribution is -2.43. The topological polar surface area (TPSA) is 58.0 Å². The second kappa shape index (κ2) is 10.4. The number of morpholine rings is 1. The fraction of sp³-hybridized carbons (Fsp3) is 0.476. The number of carbonyl (C=O) groups excluding carboxylic acids is 1. The van der Waals surface area contributed by atoms with Crippen LogP contribution >= 0.6 is 0 Å². The maximum absolute atomic E-state index is 13.2. The molecule has 0 spiro atoms. The van der Waals surface area contributed by atoms with Gasteiger partial charge in [0.05, 0.1) is 26.3 Å². The summed E-state index contributed by atoms with van der Waals surface area (Å²) in [5.74, 6) is 1.25. The molecule has 1 fully saturated rings. The zero-order valence-corrected chi connectivity index (χ0v) is 16.3. The van der Waals surface area contributed by atoms with Crippen LogP contribution in [0.4, 0.5) is 4.39 Å². The Kier molecular flexibility index (Phi) is 7.59. The molecule has 1 N–H and O–H groups in total. The van der Waals surface area contributed by atoms with Crippen molar-refractivity contribution in [3.63, 3.8) is 0 Å². The minimum atomic E-state index is -0.284. The van der Waals surface area contributed by atoms with Gasteiger partial charge in [0.2, 0.25) is 5.91 Å². The fourth-order valence-corrected chi connectivity index (χ4v) is 3.17. The van der Waals surface area contributed by atoms with E-state index in [-0.39, 0.29) is 18.3 Å². The summed E-state index contributed by atoms with van der Waals surface area (Å²) in [6.07, 6.45) is 0. The number of aryl methyl sites for hydroxylation is 1. The van der Waals surface area contributed by atoms with E-state index in [2.05, 4.69) is 10.2 Å². The number of amides is 1. The summed E-state index contributed by atoms with van der Waals surface area (Å²) in [6, 6.07) is 10.00. The monoisotopic (exact) mass is 389 g/mol. The van der Waals surface area contributed by atoms with Crippen molar-refractivity contribution in [2.45, 2.75) is 20.0 Å². The summed E-state index contributed by atoms with van der Waals surface area (Å²) in [5.41, 5.74) is 0.881. The van der Waals surface area contributed by atoms with Crippen molar-refractivity contribution in [1.29, 1.82) is 0 Å². The molecule has 28 heavy (non-hydrogen) atoms. The summed E-state index contributed by atoms with van der Waals surface area (Å²) in [6.45, 7) is 7.98. The third-order valence-electron chi connectivity index (χ3n) is 4.77. The predicted molar refractivity (Wildman–Crippen MR) is 104 cm³/mol. The van der Waals surface area contributed by atoms with Crippen molar-refractivity contribution in [2.24, 2.45) is 0 Å². The van der Waals surface area contributed by atoms with Gasteiger partial charge in [0.1, 0.15) is 17.3 Å². The third-order valence-corrected chi connectivity index (χ3v) is 4.77. The number of nitrogens with zero attached hydrogens (tertiary/aromatic N) is 2. The molecule has 1 aliphatic heterocycles. The molecule has 1 amide bonds. The van der Waals surface area contributed by atoms with E-state index < -0.39 is 0 Å². The molecule has 0 saturated carbocycles. The summed E-state index contributed by atoms with van der Waals surface area (Å²) in [4.78, 5) is 16.8. The van der Waals surface area contributed by atoms with Gasteiger partial charge in [0, 0.05) is 32.7 Å². The Hall–Kier alpha value is -2.22. The molecule has 0 aliphatic carbocycles. The van der Waals surface area contributed by atoms with E-state index in [0.717, 1.165) is 56.5 Å². The first-order chi connectivity index (χ1) is 13.6. The van der Waals surface area contributed by atoms with Crippen LogP contribution in [0.1, 0.15) is 17.1 Å². The highest BCUT2D eigenvalue weighted by atomic mass is 19.1. The van der Waals surface area contributed by atoms with Crippen LogP contribution in [0.15, 0.2) is 40.8 Å². The molecule has 0 radical (unpaired) electrons. The normalized spacial score (nSPS) is 14.9. The van der Waals surface area contributed by atoms with Gasteiger partial charge in [0.25, 0.3) is 0 Å². The lowest BCUT2D eigenvalue weighted by molar-refractivity contribution is -0.131. The van der Waals surface area contributed by atoms with Gasteiger partial charge in [-0.2, -0.15) is 0 Å². The standard InChI is InChI=1S/C21H28FN3O3/c1-17-2-7-20(28-17)16-25(15-18-3-5-19(22)6-4-18)21(26)14-23-8-9-24-10-12-27-13-11-24/h2-7,23H,8-16H2,1H3. The lowest BCUT2D eigenvalue weighted by atomic mass is 10.2. The Balaban J connectivity index is 1.53. The third kappa shape index (κ3) is 6.44. The summed E-state index contributed by atoms with van der Waals surface area (Å²) >= 11 is 0. The van der Waals surface area contributed by atoms with E-state index in [1.165, 1.54) is 12.1 Å². The van der Waals surface area contributed by atoms with E-state index in [4.69, 9.17) is 9.15 Å². The van der Waals surface area contributed by atoms with E-state index in [1.807, 2.05) is 19.1 Å². The molecule has 2 heterocycles. The predicted octanol–water partition coefficient (Wildman–Crippen LogP) is 2.18. The molecule has 7 heteroatoms. The van der Waals surface area contributed by atoms with E-state index in [1.54, 1.807) is 17.0 Å². The van der Waals surface area contributed by atoms with Crippen LogP contribution in [0.5, 0.6) is 0 Å². The van der Waals surface area contributed by atoms with E-state index >= 15 is 0 Å². The number of nitrogens with one attached hydrogen (secondary N) is 1. The molecule has 1 aromatic carbocycles. The Morgan fingerprint density at radius 3 is 2.57 bits per heavy atom. The zero-order chi connectivity index (χ0) is 19.8. The lowest BCUT2D eigenvalue weighted by Gasteiger charge is -2.27. The van der Waals surface area contributed by atoms with Crippen molar-refractivity contribution < 1.29 is 18.3 Å². The van der Waals surface area contributed by atoms with Gasteiger partial charge >= 0.3 is 0 Å². The van der Waals surface area contributed by atoms with Gasteiger partial charge in [-0.1, -0.05) is 12.1 Å². The quantitative estimate of drug-likeness (QED) is 0.666. The molecule has 152 valence electrons. The van der Waals surface area contributed by atoms with Crippen LogP contribution in [0, 0.1) is 12.7 Å². The number of hydrogen-bond acceptors (Lipinski definition) is 5. The first kappa shape index (κ1) is 20.5. The van der Waals surface area contributed by atoms with Crippen LogP contribution in [-0.2, 0) is 22.6 Å². The van der Waals surface area contributed by atoms with Crippen molar-refractivity contribution in [3.05, 3.63) is 59.3 Å². The van der Waals surface area contributed by atoms with Crippen LogP contribution in [0.25, 0.3) is 0 Å². The number of rotatable bonds is 9.